The van der Waals surface area contributed by atoms with Gasteiger partial charge in [-0.2, -0.15) is 0 Å². The molecule has 1 saturated heterocycles. The van der Waals surface area contributed by atoms with Crippen molar-refractivity contribution in [3.05, 3.63) is 36.2 Å². The Hall–Kier alpha value is -2.71. The van der Waals surface area contributed by atoms with Crippen LogP contribution >= 0.6 is 0 Å². The molecule has 1 aromatic heterocycles. The number of benzene rings is 1. The van der Waals surface area contributed by atoms with E-state index in [1.807, 2.05) is 18.3 Å². The molecular weight excluding hydrogens is 372 g/mol. The molecule has 2 N–H and O–H groups in total. The van der Waals surface area contributed by atoms with Crippen LogP contribution in [-0.2, 0) is 14.3 Å². The highest BCUT2D eigenvalue weighted by atomic mass is 16.5. The van der Waals surface area contributed by atoms with Crippen molar-refractivity contribution in [3.8, 4) is 0 Å². The summed E-state index contributed by atoms with van der Waals surface area (Å²) in [6.45, 7) is 2.64. The minimum absolute atomic E-state index is 0.0542. The lowest BCUT2D eigenvalue weighted by atomic mass is 10.0. The average Bonchev–Trinajstić information content (AvgIpc) is 2.73. The van der Waals surface area contributed by atoms with Gasteiger partial charge in [-0.1, -0.05) is 6.07 Å². The molecule has 0 spiro atoms. The van der Waals surface area contributed by atoms with E-state index in [1.54, 1.807) is 26.4 Å². The first-order valence-electron chi connectivity index (χ1n) is 9.77. The summed E-state index contributed by atoms with van der Waals surface area (Å²) < 4.78 is 11.2. The maximum atomic E-state index is 11.5. The van der Waals surface area contributed by atoms with Gasteiger partial charge in [-0.05, 0) is 25.0 Å². The normalized spacial score (nSPS) is 14.9. The van der Waals surface area contributed by atoms with Gasteiger partial charge in [0.2, 0.25) is 11.8 Å². The Labute approximate surface area is 170 Å². The largest absolute Gasteiger partial charge is 0.376 e. The number of primary amides is 1. The zero-order chi connectivity index (χ0) is 20.8. The number of hydrogen-bond acceptors (Lipinski definition) is 6. The third kappa shape index (κ3) is 5.42. The lowest BCUT2D eigenvalue weighted by Crippen LogP contribution is -2.37. The third-order valence-corrected chi connectivity index (χ3v) is 5.11. The van der Waals surface area contributed by atoms with Gasteiger partial charge < -0.3 is 25.0 Å². The van der Waals surface area contributed by atoms with E-state index in [4.69, 9.17) is 15.2 Å². The van der Waals surface area contributed by atoms with E-state index in [0.29, 0.717) is 18.8 Å². The number of nitrogens with zero attached hydrogens (tertiary/aromatic N) is 3. The van der Waals surface area contributed by atoms with Crippen molar-refractivity contribution in [2.24, 2.45) is 5.73 Å². The van der Waals surface area contributed by atoms with Crippen LogP contribution in [0, 0.1) is 0 Å². The number of hydrogen-bond donors (Lipinski definition) is 1. The average molecular weight is 400 g/mol. The Kier molecular flexibility index (Phi) is 7.00. The van der Waals surface area contributed by atoms with Crippen LogP contribution in [0.15, 0.2) is 30.6 Å². The first-order valence-corrected chi connectivity index (χ1v) is 9.77. The lowest BCUT2D eigenvalue weighted by Gasteiger charge is -2.34. The number of carbonyl (C=O) groups excluding carboxylic acids is 2. The topological polar surface area (TPSA) is 98.0 Å². The highest BCUT2D eigenvalue weighted by molar-refractivity contribution is 6.01. The monoisotopic (exact) mass is 400 g/mol. The number of piperidine rings is 1. The van der Waals surface area contributed by atoms with Crippen molar-refractivity contribution in [1.29, 1.82) is 0 Å². The molecule has 1 aromatic carbocycles. The Balaban J connectivity index is 1.51. The number of aromatic nitrogens is 1. The van der Waals surface area contributed by atoms with E-state index in [9.17, 15) is 9.59 Å². The van der Waals surface area contributed by atoms with Crippen molar-refractivity contribution < 1.29 is 19.1 Å². The zero-order valence-corrected chi connectivity index (χ0v) is 17.0. The summed E-state index contributed by atoms with van der Waals surface area (Å²) in [5.41, 5.74) is 6.94. The standard InChI is InChI=1S/C21H28N4O4/c1-24(2)20(26)14-28-9-10-29-17-5-7-25(8-6-17)19-13-23-12-16-4-3-15(21(22)27)11-18(16)19/h3-4,11-13,17H,5-10,14H2,1-2H3,(H2,22,27). The summed E-state index contributed by atoms with van der Waals surface area (Å²) in [6.07, 6.45) is 5.58. The zero-order valence-electron chi connectivity index (χ0n) is 17.0. The van der Waals surface area contributed by atoms with Crippen LogP contribution in [0.2, 0.25) is 0 Å². The van der Waals surface area contributed by atoms with Crippen molar-refractivity contribution in [1.82, 2.24) is 9.88 Å². The minimum Gasteiger partial charge on any atom is -0.376 e. The van der Waals surface area contributed by atoms with Crippen LogP contribution in [0.5, 0.6) is 0 Å². The van der Waals surface area contributed by atoms with E-state index in [-0.39, 0.29) is 18.6 Å². The fraction of sp³-hybridized carbons (Fsp3) is 0.476. The predicted molar refractivity (Wildman–Crippen MR) is 111 cm³/mol. The molecule has 0 saturated carbocycles. The van der Waals surface area contributed by atoms with Crippen LogP contribution in [0.4, 0.5) is 5.69 Å². The Morgan fingerprint density at radius 2 is 1.97 bits per heavy atom. The Bertz CT molecular complexity index is 863. The molecule has 1 aliphatic heterocycles. The quantitative estimate of drug-likeness (QED) is 0.673. The van der Waals surface area contributed by atoms with Gasteiger partial charge in [-0.15, -0.1) is 0 Å². The molecule has 2 aromatic rings. The SMILES string of the molecule is CN(C)C(=O)COCCOC1CCN(c2cncc3ccc(C(N)=O)cc23)CC1. The molecule has 2 heterocycles. The van der Waals surface area contributed by atoms with Gasteiger partial charge in [0, 0.05) is 49.7 Å². The van der Waals surface area contributed by atoms with Crippen LogP contribution in [0.25, 0.3) is 10.8 Å². The molecule has 0 radical (unpaired) electrons. The molecule has 8 heteroatoms. The fourth-order valence-electron chi connectivity index (χ4n) is 3.38. The first kappa shape index (κ1) is 21.0. The molecule has 29 heavy (non-hydrogen) atoms. The van der Waals surface area contributed by atoms with Gasteiger partial charge >= 0.3 is 0 Å². The van der Waals surface area contributed by atoms with Crippen LogP contribution in [0.3, 0.4) is 0 Å². The first-order chi connectivity index (χ1) is 14.0. The van der Waals surface area contributed by atoms with E-state index in [2.05, 4.69) is 9.88 Å². The number of ether oxygens (including phenoxy) is 2. The molecular formula is C21H28N4O4. The summed E-state index contributed by atoms with van der Waals surface area (Å²) in [7, 11) is 3.41. The van der Waals surface area contributed by atoms with Crippen molar-refractivity contribution in [2.75, 3.05) is 51.9 Å². The number of fused-ring (bicyclic) bond motifs is 1. The maximum absolute atomic E-state index is 11.5. The smallest absolute Gasteiger partial charge is 0.248 e. The van der Waals surface area contributed by atoms with Crippen LogP contribution < -0.4 is 10.6 Å². The highest BCUT2D eigenvalue weighted by Crippen LogP contribution is 2.29. The number of amides is 2. The molecule has 0 aliphatic carbocycles. The van der Waals surface area contributed by atoms with Gasteiger partial charge in [0.25, 0.3) is 0 Å². The number of pyridine rings is 1. The van der Waals surface area contributed by atoms with Crippen molar-refractivity contribution in [3.63, 3.8) is 0 Å². The van der Waals surface area contributed by atoms with Crippen molar-refractivity contribution >= 4 is 28.3 Å². The maximum Gasteiger partial charge on any atom is 0.248 e. The van der Waals surface area contributed by atoms with Gasteiger partial charge in [-0.25, -0.2) is 0 Å². The summed E-state index contributed by atoms with van der Waals surface area (Å²) in [6, 6.07) is 5.44. The summed E-state index contributed by atoms with van der Waals surface area (Å²) >= 11 is 0. The highest BCUT2D eigenvalue weighted by Gasteiger charge is 2.21. The number of carbonyl (C=O) groups is 2. The van der Waals surface area contributed by atoms with Crippen LogP contribution in [0.1, 0.15) is 23.2 Å². The number of likely N-dealkylation sites (N-methyl/N-ethyl adjacent to an activating group) is 1. The van der Waals surface area contributed by atoms with E-state index in [1.165, 1.54) is 4.90 Å². The lowest BCUT2D eigenvalue weighted by molar-refractivity contribution is -0.134. The number of anilines is 1. The molecule has 3 rings (SSSR count). The molecule has 156 valence electrons. The van der Waals surface area contributed by atoms with Gasteiger partial charge in [0.05, 0.1) is 31.2 Å². The van der Waals surface area contributed by atoms with Crippen LogP contribution in [-0.4, -0.2) is 74.8 Å². The fourth-order valence-corrected chi connectivity index (χ4v) is 3.38. The second-order valence-corrected chi connectivity index (χ2v) is 7.36. The third-order valence-electron chi connectivity index (χ3n) is 5.11. The summed E-state index contributed by atoms with van der Waals surface area (Å²) in [5.74, 6) is -0.488. The van der Waals surface area contributed by atoms with Gasteiger partial charge in [-0.3, -0.25) is 14.6 Å². The summed E-state index contributed by atoms with van der Waals surface area (Å²) in [5, 5.41) is 1.96. The molecule has 2 amide bonds. The Morgan fingerprint density at radius 3 is 2.66 bits per heavy atom. The second-order valence-electron chi connectivity index (χ2n) is 7.36. The molecule has 1 aliphatic rings. The van der Waals surface area contributed by atoms with Gasteiger partial charge in [0.15, 0.2) is 0 Å². The number of rotatable bonds is 8. The van der Waals surface area contributed by atoms with Crippen molar-refractivity contribution in [2.45, 2.75) is 18.9 Å². The van der Waals surface area contributed by atoms with E-state index in [0.717, 1.165) is 42.4 Å². The minimum atomic E-state index is -0.434. The van der Waals surface area contributed by atoms with E-state index < -0.39 is 5.91 Å². The summed E-state index contributed by atoms with van der Waals surface area (Å²) in [4.78, 5) is 31.1. The van der Waals surface area contributed by atoms with E-state index >= 15 is 0 Å². The predicted octanol–water partition coefficient (Wildman–Crippen LogP) is 1.42. The Morgan fingerprint density at radius 1 is 1.21 bits per heavy atom. The number of nitrogens with two attached hydrogens (primary N) is 1. The molecule has 8 nitrogen and oxygen atoms in total. The second kappa shape index (κ2) is 9.67. The molecule has 0 bridgehead atoms. The molecule has 1 fully saturated rings. The molecule has 0 atom stereocenters. The van der Waals surface area contributed by atoms with Gasteiger partial charge in [0.1, 0.15) is 6.61 Å². The molecule has 0 unspecified atom stereocenters.